The third kappa shape index (κ3) is 4.50. The number of nitriles is 1. The number of piperidine rings is 1. The summed E-state index contributed by atoms with van der Waals surface area (Å²) >= 11 is 1.72. The summed E-state index contributed by atoms with van der Waals surface area (Å²) in [6.07, 6.45) is 2.20. The first-order valence-corrected chi connectivity index (χ1v) is 11.0. The summed E-state index contributed by atoms with van der Waals surface area (Å²) in [5.41, 5.74) is 1.26. The molecule has 0 bridgehead atoms. The van der Waals surface area contributed by atoms with Crippen LogP contribution in [0.4, 0.5) is 10.1 Å². The molecule has 0 spiro atoms. The summed E-state index contributed by atoms with van der Waals surface area (Å²) in [7, 11) is 0. The molecule has 1 fully saturated rings. The minimum Gasteiger partial charge on any atom is -0.308 e. The second-order valence-corrected chi connectivity index (χ2v) is 8.56. The van der Waals surface area contributed by atoms with Gasteiger partial charge < -0.3 is 4.90 Å². The van der Waals surface area contributed by atoms with E-state index in [0.717, 1.165) is 36.5 Å². The summed E-state index contributed by atoms with van der Waals surface area (Å²) < 4.78 is 15.5. The van der Waals surface area contributed by atoms with E-state index < -0.39 is 5.82 Å². The van der Waals surface area contributed by atoms with Crippen molar-refractivity contribution >= 4 is 33.1 Å². The molecule has 2 heterocycles. The van der Waals surface area contributed by atoms with Gasteiger partial charge in [0.25, 0.3) is 0 Å². The van der Waals surface area contributed by atoms with Crippen molar-refractivity contribution in [1.29, 1.82) is 5.26 Å². The number of fused-ring (bicyclic) bond motifs is 1. The molecule has 1 aliphatic rings. The largest absolute Gasteiger partial charge is 0.308 e. The molecule has 0 radical (unpaired) electrons. The van der Waals surface area contributed by atoms with E-state index >= 15 is 0 Å². The molecule has 7 heteroatoms. The van der Waals surface area contributed by atoms with Crippen LogP contribution in [0.2, 0.25) is 0 Å². The van der Waals surface area contributed by atoms with Crippen LogP contribution in [-0.2, 0) is 4.79 Å². The van der Waals surface area contributed by atoms with Crippen LogP contribution in [0.25, 0.3) is 10.2 Å². The number of hydrogen-bond acceptors (Lipinski definition) is 5. The minimum atomic E-state index is -0.449. The third-order valence-corrected chi connectivity index (χ3v) is 6.61. The third-order valence-electron chi connectivity index (χ3n) is 5.42. The number of anilines is 1. The fraction of sp³-hybridized carbons (Fsp3) is 0.348. The highest BCUT2D eigenvalue weighted by atomic mass is 32.1. The molecule has 2 aromatic carbocycles. The smallest absolute Gasteiger partial charge is 0.241 e. The van der Waals surface area contributed by atoms with Crippen LogP contribution in [0.3, 0.4) is 0 Å². The van der Waals surface area contributed by atoms with E-state index in [4.69, 9.17) is 10.2 Å². The molecule has 5 nitrogen and oxygen atoms in total. The molecule has 1 atom stereocenters. The zero-order chi connectivity index (χ0) is 20.9. The number of rotatable bonds is 6. The van der Waals surface area contributed by atoms with E-state index in [0.29, 0.717) is 5.92 Å². The van der Waals surface area contributed by atoms with Crippen molar-refractivity contribution in [2.45, 2.75) is 25.2 Å². The highest BCUT2D eigenvalue weighted by Crippen LogP contribution is 2.33. The van der Waals surface area contributed by atoms with E-state index in [9.17, 15) is 9.18 Å². The molecule has 0 N–H and O–H groups in total. The van der Waals surface area contributed by atoms with Gasteiger partial charge in [0.15, 0.2) is 0 Å². The van der Waals surface area contributed by atoms with Crippen LogP contribution in [0, 0.1) is 17.1 Å². The first-order chi connectivity index (χ1) is 14.7. The Kier molecular flexibility index (Phi) is 6.36. The van der Waals surface area contributed by atoms with Crippen molar-refractivity contribution in [2.75, 3.05) is 31.1 Å². The molecular weight excluding hydrogens is 399 g/mol. The SMILES string of the molecule is N#CCCN(C(=O)CN1CCC[C@H](c2nc3ccccc3s2)C1)c1ccccc1F. The Hall–Kier alpha value is -2.82. The maximum Gasteiger partial charge on any atom is 0.241 e. The van der Waals surface area contributed by atoms with Crippen molar-refractivity contribution in [3.05, 3.63) is 59.4 Å². The maximum atomic E-state index is 14.3. The summed E-state index contributed by atoms with van der Waals surface area (Å²) in [5.74, 6) is -0.333. The molecule has 154 valence electrons. The summed E-state index contributed by atoms with van der Waals surface area (Å²) in [6, 6.07) is 16.4. The average molecular weight is 423 g/mol. The molecule has 4 rings (SSSR count). The minimum absolute atomic E-state index is 0.161. The van der Waals surface area contributed by atoms with Crippen LogP contribution in [0.5, 0.6) is 0 Å². The van der Waals surface area contributed by atoms with Crippen LogP contribution in [-0.4, -0.2) is 42.0 Å². The quantitative estimate of drug-likeness (QED) is 0.584. The van der Waals surface area contributed by atoms with Crippen LogP contribution >= 0.6 is 11.3 Å². The maximum absolute atomic E-state index is 14.3. The normalized spacial score (nSPS) is 17.0. The molecule has 0 unspecified atom stereocenters. The fourth-order valence-electron chi connectivity index (χ4n) is 3.95. The van der Waals surface area contributed by atoms with Gasteiger partial charge in [0.2, 0.25) is 5.91 Å². The Bertz CT molecular complexity index is 1040. The highest BCUT2D eigenvalue weighted by molar-refractivity contribution is 7.18. The lowest BCUT2D eigenvalue weighted by Crippen LogP contribution is -2.44. The number of amides is 1. The van der Waals surface area contributed by atoms with Crippen molar-refractivity contribution in [3.63, 3.8) is 0 Å². The Morgan fingerprint density at radius 3 is 2.87 bits per heavy atom. The number of carbonyl (C=O) groups is 1. The molecule has 1 saturated heterocycles. The van der Waals surface area contributed by atoms with Gasteiger partial charge in [0.05, 0.1) is 39.9 Å². The summed E-state index contributed by atoms with van der Waals surface area (Å²) in [6.45, 7) is 1.98. The highest BCUT2D eigenvalue weighted by Gasteiger charge is 2.27. The number of thiazole rings is 1. The van der Waals surface area contributed by atoms with E-state index in [1.807, 2.05) is 18.2 Å². The number of hydrogen-bond donors (Lipinski definition) is 0. The van der Waals surface area contributed by atoms with E-state index in [2.05, 4.69) is 17.0 Å². The molecule has 1 aromatic heterocycles. The van der Waals surface area contributed by atoms with Gasteiger partial charge in [-0.3, -0.25) is 9.69 Å². The van der Waals surface area contributed by atoms with Gasteiger partial charge in [-0.25, -0.2) is 9.37 Å². The topological polar surface area (TPSA) is 60.2 Å². The number of nitrogens with zero attached hydrogens (tertiary/aromatic N) is 4. The molecule has 0 aliphatic carbocycles. The van der Waals surface area contributed by atoms with Crippen LogP contribution in [0.1, 0.15) is 30.2 Å². The monoisotopic (exact) mass is 422 g/mol. The standard InChI is InChI=1S/C23H23FN4OS/c24-18-8-1-3-10-20(18)28(14-6-12-25)22(29)16-27-13-5-7-17(15-27)23-26-19-9-2-4-11-21(19)30-23/h1-4,8-11,17H,5-7,13-16H2/t17-/m0/s1. The second-order valence-electron chi connectivity index (χ2n) is 7.50. The lowest BCUT2D eigenvalue weighted by Gasteiger charge is -2.33. The molecule has 1 amide bonds. The predicted molar refractivity (Wildman–Crippen MR) is 117 cm³/mol. The molecule has 0 saturated carbocycles. The number of aromatic nitrogens is 1. The number of benzene rings is 2. The van der Waals surface area contributed by atoms with Gasteiger partial charge in [-0.1, -0.05) is 24.3 Å². The van der Waals surface area contributed by atoms with Crippen LogP contribution in [0.15, 0.2) is 48.5 Å². The summed E-state index contributed by atoms with van der Waals surface area (Å²) in [5, 5.41) is 10.1. The number of carbonyl (C=O) groups excluding carboxylic acids is 1. The lowest BCUT2D eigenvalue weighted by atomic mass is 9.98. The van der Waals surface area contributed by atoms with Gasteiger partial charge in [0, 0.05) is 19.0 Å². The molecule has 30 heavy (non-hydrogen) atoms. The molecule has 3 aromatic rings. The van der Waals surface area contributed by atoms with Gasteiger partial charge in [-0.05, 0) is 43.7 Å². The fourth-order valence-corrected chi connectivity index (χ4v) is 5.05. The van der Waals surface area contributed by atoms with Crippen molar-refractivity contribution in [1.82, 2.24) is 9.88 Å². The predicted octanol–water partition coefficient (Wildman–Crippen LogP) is 4.56. The van der Waals surface area contributed by atoms with Crippen molar-refractivity contribution < 1.29 is 9.18 Å². The zero-order valence-electron chi connectivity index (χ0n) is 16.6. The van der Waals surface area contributed by atoms with Gasteiger partial charge in [0.1, 0.15) is 5.82 Å². The first-order valence-electron chi connectivity index (χ1n) is 10.2. The number of likely N-dealkylation sites (tertiary alicyclic amines) is 1. The lowest BCUT2D eigenvalue weighted by molar-refractivity contribution is -0.120. The Morgan fingerprint density at radius 1 is 1.27 bits per heavy atom. The van der Waals surface area contributed by atoms with Crippen molar-refractivity contribution in [3.8, 4) is 6.07 Å². The van der Waals surface area contributed by atoms with Crippen molar-refractivity contribution in [2.24, 2.45) is 0 Å². The van der Waals surface area contributed by atoms with Gasteiger partial charge in [-0.2, -0.15) is 5.26 Å². The Morgan fingerprint density at radius 2 is 2.07 bits per heavy atom. The van der Waals surface area contributed by atoms with E-state index in [-0.39, 0.29) is 31.1 Å². The number of para-hydroxylation sites is 2. The van der Waals surface area contributed by atoms with E-state index in [1.54, 1.807) is 29.5 Å². The summed E-state index contributed by atoms with van der Waals surface area (Å²) in [4.78, 5) is 21.4. The first kappa shape index (κ1) is 20.5. The number of halogens is 1. The van der Waals surface area contributed by atoms with Gasteiger partial charge >= 0.3 is 0 Å². The van der Waals surface area contributed by atoms with Crippen LogP contribution < -0.4 is 4.90 Å². The average Bonchev–Trinajstić information content (AvgIpc) is 3.20. The van der Waals surface area contributed by atoms with Gasteiger partial charge in [-0.15, -0.1) is 11.3 Å². The molecule has 1 aliphatic heterocycles. The molecular formula is C23H23FN4OS. The second kappa shape index (κ2) is 9.33. The Labute approximate surface area is 179 Å². The zero-order valence-corrected chi connectivity index (χ0v) is 17.4. The van der Waals surface area contributed by atoms with E-state index in [1.165, 1.54) is 15.7 Å². The Balaban J connectivity index is 1.47.